The maximum atomic E-state index is 12.7. The molecule has 2 rings (SSSR count). The predicted octanol–water partition coefficient (Wildman–Crippen LogP) is 3.18. The number of rotatable bonds is 5. The van der Waals surface area contributed by atoms with Gasteiger partial charge in [0.2, 0.25) is 0 Å². The molecule has 0 aliphatic heterocycles. The molecule has 0 fully saturated rings. The summed E-state index contributed by atoms with van der Waals surface area (Å²) in [6.45, 7) is 3.67. The lowest BCUT2D eigenvalue weighted by molar-refractivity contribution is 0.402. The van der Waals surface area contributed by atoms with Gasteiger partial charge in [-0.2, -0.15) is 0 Å². The Balaban J connectivity index is 2.39. The van der Waals surface area contributed by atoms with Crippen molar-refractivity contribution in [3.05, 3.63) is 47.5 Å². The Bertz CT molecular complexity index is 797. The minimum absolute atomic E-state index is 0.169. The summed E-state index contributed by atoms with van der Waals surface area (Å²) in [5.41, 5.74) is 3.11. The minimum atomic E-state index is -3.73. The van der Waals surface area contributed by atoms with Crippen LogP contribution in [0.5, 0.6) is 5.75 Å². The fourth-order valence-corrected chi connectivity index (χ4v) is 3.88. The van der Waals surface area contributed by atoms with Gasteiger partial charge in [0, 0.05) is 25.5 Å². The van der Waals surface area contributed by atoms with Crippen LogP contribution in [0.3, 0.4) is 0 Å². The quantitative estimate of drug-likeness (QED) is 0.912. The Morgan fingerprint density at radius 2 is 1.65 bits per heavy atom. The third-order valence-electron chi connectivity index (χ3n) is 3.51. The van der Waals surface area contributed by atoms with E-state index in [4.69, 9.17) is 4.74 Å². The number of ether oxygens (including phenoxy) is 1. The third-order valence-corrected chi connectivity index (χ3v) is 5.07. The van der Waals surface area contributed by atoms with Gasteiger partial charge in [0.1, 0.15) is 10.6 Å². The first-order valence-electron chi connectivity index (χ1n) is 7.20. The SMILES string of the molecule is COc1cc(C)cc(C)c1S(=O)(=O)Nc1ccc(N(C)C)cc1. The average molecular weight is 334 g/mol. The van der Waals surface area contributed by atoms with E-state index in [0.717, 1.165) is 11.3 Å². The van der Waals surface area contributed by atoms with Crippen LogP contribution in [-0.4, -0.2) is 29.6 Å². The van der Waals surface area contributed by atoms with E-state index in [0.29, 0.717) is 17.0 Å². The lowest BCUT2D eigenvalue weighted by atomic mass is 10.1. The molecule has 0 spiro atoms. The van der Waals surface area contributed by atoms with Gasteiger partial charge in [0.25, 0.3) is 10.0 Å². The van der Waals surface area contributed by atoms with E-state index in [-0.39, 0.29) is 4.90 Å². The monoisotopic (exact) mass is 334 g/mol. The van der Waals surface area contributed by atoms with E-state index < -0.39 is 10.0 Å². The average Bonchev–Trinajstić information content (AvgIpc) is 2.45. The minimum Gasteiger partial charge on any atom is -0.495 e. The van der Waals surface area contributed by atoms with Gasteiger partial charge in [-0.1, -0.05) is 6.07 Å². The second kappa shape index (κ2) is 6.50. The molecule has 0 amide bonds. The number of nitrogens with zero attached hydrogens (tertiary/aromatic N) is 1. The van der Waals surface area contributed by atoms with Crippen molar-refractivity contribution in [1.29, 1.82) is 0 Å². The Hall–Kier alpha value is -2.21. The highest BCUT2D eigenvalue weighted by Crippen LogP contribution is 2.30. The van der Waals surface area contributed by atoms with Crippen LogP contribution in [0, 0.1) is 13.8 Å². The molecule has 0 aromatic heterocycles. The van der Waals surface area contributed by atoms with Gasteiger partial charge in [-0.05, 0) is 55.3 Å². The maximum absolute atomic E-state index is 12.7. The topological polar surface area (TPSA) is 58.6 Å². The van der Waals surface area contributed by atoms with Gasteiger partial charge >= 0.3 is 0 Å². The highest BCUT2D eigenvalue weighted by molar-refractivity contribution is 7.92. The molecule has 0 saturated heterocycles. The van der Waals surface area contributed by atoms with Crippen LogP contribution in [0.1, 0.15) is 11.1 Å². The maximum Gasteiger partial charge on any atom is 0.265 e. The fourth-order valence-electron chi connectivity index (χ4n) is 2.45. The van der Waals surface area contributed by atoms with E-state index in [1.165, 1.54) is 7.11 Å². The van der Waals surface area contributed by atoms with Gasteiger partial charge in [-0.3, -0.25) is 4.72 Å². The van der Waals surface area contributed by atoms with Crippen molar-refractivity contribution in [2.24, 2.45) is 0 Å². The number of benzene rings is 2. The third kappa shape index (κ3) is 3.76. The number of nitrogens with one attached hydrogen (secondary N) is 1. The fraction of sp³-hybridized carbons (Fsp3) is 0.294. The Kier molecular flexibility index (Phi) is 4.85. The molecule has 23 heavy (non-hydrogen) atoms. The number of hydrogen-bond donors (Lipinski definition) is 1. The van der Waals surface area contributed by atoms with Gasteiger partial charge < -0.3 is 9.64 Å². The van der Waals surface area contributed by atoms with E-state index in [1.54, 1.807) is 25.1 Å². The molecule has 5 nitrogen and oxygen atoms in total. The lowest BCUT2D eigenvalue weighted by Crippen LogP contribution is -2.16. The van der Waals surface area contributed by atoms with Crippen LogP contribution in [0.25, 0.3) is 0 Å². The zero-order valence-corrected chi connectivity index (χ0v) is 14.9. The number of sulfonamides is 1. The van der Waals surface area contributed by atoms with Gasteiger partial charge in [-0.25, -0.2) is 8.42 Å². The normalized spacial score (nSPS) is 11.2. The smallest absolute Gasteiger partial charge is 0.265 e. The Morgan fingerprint density at radius 1 is 1.04 bits per heavy atom. The molecule has 2 aromatic rings. The highest BCUT2D eigenvalue weighted by Gasteiger charge is 2.22. The zero-order valence-electron chi connectivity index (χ0n) is 14.0. The first-order valence-corrected chi connectivity index (χ1v) is 8.68. The zero-order chi connectivity index (χ0) is 17.2. The Labute approximate surface area is 137 Å². The Morgan fingerprint density at radius 3 is 2.17 bits per heavy atom. The summed E-state index contributed by atoms with van der Waals surface area (Å²) in [5.74, 6) is 0.347. The van der Waals surface area contributed by atoms with Crippen molar-refractivity contribution in [3.63, 3.8) is 0 Å². The molecule has 2 aromatic carbocycles. The number of methoxy groups -OCH3 is 1. The molecule has 6 heteroatoms. The lowest BCUT2D eigenvalue weighted by Gasteiger charge is -2.16. The molecule has 0 radical (unpaired) electrons. The van der Waals surface area contributed by atoms with Gasteiger partial charge in [0.05, 0.1) is 7.11 Å². The molecule has 0 aliphatic rings. The van der Waals surface area contributed by atoms with E-state index in [2.05, 4.69) is 4.72 Å². The molecular weight excluding hydrogens is 312 g/mol. The van der Waals surface area contributed by atoms with Crippen molar-refractivity contribution < 1.29 is 13.2 Å². The van der Waals surface area contributed by atoms with E-state index in [1.807, 2.05) is 44.1 Å². The molecule has 0 unspecified atom stereocenters. The van der Waals surface area contributed by atoms with Crippen LogP contribution in [0.2, 0.25) is 0 Å². The summed E-state index contributed by atoms with van der Waals surface area (Å²) < 4.78 is 33.3. The summed E-state index contributed by atoms with van der Waals surface area (Å²) >= 11 is 0. The van der Waals surface area contributed by atoms with Crippen LogP contribution in [-0.2, 0) is 10.0 Å². The standard InChI is InChI=1S/C17H22N2O3S/c1-12-10-13(2)17(16(11-12)22-5)23(20,21)18-14-6-8-15(9-7-14)19(3)4/h6-11,18H,1-5H3. The number of aryl methyl sites for hydroxylation is 2. The first kappa shape index (κ1) is 17.1. The first-order chi connectivity index (χ1) is 10.7. The van der Waals surface area contributed by atoms with E-state index >= 15 is 0 Å². The predicted molar refractivity (Wildman–Crippen MR) is 94.0 cm³/mol. The van der Waals surface area contributed by atoms with Crippen molar-refractivity contribution in [1.82, 2.24) is 0 Å². The molecule has 0 saturated carbocycles. The molecular formula is C17H22N2O3S. The van der Waals surface area contributed by atoms with Crippen LogP contribution in [0.4, 0.5) is 11.4 Å². The highest BCUT2D eigenvalue weighted by atomic mass is 32.2. The van der Waals surface area contributed by atoms with Gasteiger partial charge in [0.15, 0.2) is 0 Å². The molecule has 0 aliphatic carbocycles. The van der Waals surface area contributed by atoms with E-state index in [9.17, 15) is 8.42 Å². The summed E-state index contributed by atoms with van der Waals surface area (Å²) in [6, 6.07) is 10.7. The summed E-state index contributed by atoms with van der Waals surface area (Å²) in [6.07, 6.45) is 0. The summed E-state index contributed by atoms with van der Waals surface area (Å²) in [5, 5.41) is 0. The molecule has 0 atom stereocenters. The largest absolute Gasteiger partial charge is 0.495 e. The second-order valence-corrected chi connectivity index (χ2v) is 7.28. The van der Waals surface area contributed by atoms with Gasteiger partial charge in [-0.15, -0.1) is 0 Å². The van der Waals surface area contributed by atoms with Crippen LogP contribution >= 0.6 is 0 Å². The van der Waals surface area contributed by atoms with Crippen molar-refractivity contribution in [2.45, 2.75) is 18.7 Å². The number of hydrogen-bond acceptors (Lipinski definition) is 4. The molecule has 0 heterocycles. The number of anilines is 2. The molecule has 124 valence electrons. The second-order valence-electron chi connectivity index (χ2n) is 5.66. The van der Waals surface area contributed by atoms with Crippen LogP contribution < -0.4 is 14.4 Å². The molecule has 0 bridgehead atoms. The summed E-state index contributed by atoms with van der Waals surface area (Å²) in [7, 11) is 1.61. The molecule has 1 N–H and O–H groups in total. The van der Waals surface area contributed by atoms with Crippen molar-refractivity contribution in [3.8, 4) is 5.75 Å². The van der Waals surface area contributed by atoms with Crippen molar-refractivity contribution in [2.75, 3.05) is 30.8 Å². The van der Waals surface area contributed by atoms with Crippen LogP contribution in [0.15, 0.2) is 41.3 Å². The van der Waals surface area contributed by atoms with Crippen molar-refractivity contribution >= 4 is 21.4 Å². The summed E-state index contributed by atoms with van der Waals surface area (Å²) in [4.78, 5) is 2.12.